The summed E-state index contributed by atoms with van der Waals surface area (Å²) in [4.78, 5) is 14.1. The summed E-state index contributed by atoms with van der Waals surface area (Å²) in [6.45, 7) is 0. The second-order valence-electron chi connectivity index (χ2n) is 5.66. The first-order valence-electron chi connectivity index (χ1n) is 7.38. The van der Waals surface area contributed by atoms with Crippen molar-refractivity contribution in [3.63, 3.8) is 0 Å². The number of methoxy groups -OCH3 is 1. The Hall–Kier alpha value is -1.17. The van der Waals surface area contributed by atoms with Gasteiger partial charge in [-0.1, -0.05) is 24.4 Å². The molecule has 4 nitrogen and oxygen atoms in total. The van der Waals surface area contributed by atoms with E-state index in [0.29, 0.717) is 12.0 Å². The smallest absolute Gasteiger partial charge is 0.253 e. The molecule has 2 rings (SSSR count). The molecule has 0 saturated heterocycles. The number of carbonyl (C=O) groups excluding carboxylic acids is 1. The maximum absolute atomic E-state index is 13.2. The molecule has 1 saturated carbocycles. The molecule has 0 bridgehead atoms. The number of hydrogen-bond acceptors (Lipinski definition) is 3. The third-order valence-electron chi connectivity index (χ3n) is 4.30. The quantitative estimate of drug-likeness (QED) is 0.867. The van der Waals surface area contributed by atoms with E-state index >= 15 is 0 Å². The fourth-order valence-corrected chi connectivity index (χ4v) is 3.13. The Kier molecular flexibility index (Phi) is 5.78. The molecular formula is C16H21ClFNO3. The molecule has 22 heavy (non-hydrogen) atoms. The predicted molar refractivity (Wildman–Crippen MR) is 82.6 cm³/mol. The predicted octanol–water partition coefficient (Wildman–Crippen LogP) is 2.87. The van der Waals surface area contributed by atoms with E-state index in [4.69, 9.17) is 16.3 Å². The van der Waals surface area contributed by atoms with Crippen molar-refractivity contribution in [3.8, 4) is 0 Å². The van der Waals surface area contributed by atoms with Gasteiger partial charge in [0.1, 0.15) is 11.9 Å². The molecule has 0 spiro atoms. The fourth-order valence-electron chi connectivity index (χ4n) is 2.95. The van der Waals surface area contributed by atoms with Crippen LogP contribution in [0.2, 0.25) is 5.02 Å². The Bertz CT molecular complexity index is 540. The van der Waals surface area contributed by atoms with Crippen LogP contribution >= 0.6 is 11.6 Å². The molecule has 1 amide bonds. The minimum Gasteiger partial charge on any atom is -0.388 e. The zero-order valence-corrected chi connectivity index (χ0v) is 13.5. The normalized spacial score (nSPS) is 25.6. The second-order valence-corrected chi connectivity index (χ2v) is 6.07. The number of rotatable bonds is 3. The minimum absolute atomic E-state index is 0.0876. The van der Waals surface area contributed by atoms with Crippen LogP contribution in [0, 0.1) is 5.82 Å². The highest BCUT2D eigenvalue weighted by Gasteiger charge is 2.34. The van der Waals surface area contributed by atoms with Crippen molar-refractivity contribution in [2.45, 2.75) is 43.9 Å². The molecule has 0 unspecified atom stereocenters. The summed E-state index contributed by atoms with van der Waals surface area (Å²) in [7, 11) is 3.21. The summed E-state index contributed by atoms with van der Waals surface area (Å²) in [6, 6.07) is 3.55. The van der Waals surface area contributed by atoms with Crippen LogP contribution in [-0.2, 0) is 4.74 Å². The van der Waals surface area contributed by atoms with E-state index in [9.17, 15) is 14.3 Å². The fraction of sp³-hybridized carbons (Fsp3) is 0.562. The van der Waals surface area contributed by atoms with Gasteiger partial charge in [-0.25, -0.2) is 4.39 Å². The number of benzene rings is 1. The van der Waals surface area contributed by atoms with Gasteiger partial charge in [0.2, 0.25) is 0 Å². The summed E-state index contributed by atoms with van der Waals surface area (Å²) in [6.07, 6.45) is 2.34. The van der Waals surface area contributed by atoms with E-state index in [1.54, 1.807) is 14.2 Å². The molecule has 1 aliphatic rings. The molecule has 0 radical (unpaired) electrons. The summed E-state index contributed by atoms with van der Waals surface area (Å²) in [5, 5.41) is 10.4. The Morgan fingerprint density at radius 3 is 2.73 bits per heavy atom. The maximum atomic E-state index is 13.2. The number of halogens is 2. The summed E-state index contributed by atoms with van der Waals surface area (Å²) < 4.78 is 18.5. The summed E-state index contributed by atoms with van der Waals surface area (Å²) >= 11 is 5.73. The van der Waals surface area contributed by atoms with Gasteiger partial charge in [-0.15, -0.1) is 0 Å². The van der Waals surface area contributed by atoms with Crippen LogP contribution in [-0.4, -0.2) is 48.3 Å². The van der Waals surface area contributed by atoms with Crippen molar-refractivity contribution < 1.29 is 19.0 Å². The van der Waals surface area contributed by atoms with Gasteiger partial charge in [0, 0.05) is 19.7 Å². The largest absolute Gasteiger partial charge is 0.388 e. The van der Waals surface area contributed by atoms with Crippen molar-refractivity contribution in [2.75, 3.05) is 14.2 Å². The lowest BCUT2D eigenvalue weighted by molar-refractivity contribution is -0.0462. The molecule has 0 aliphatic heterocycles. The van der Waals surface area contributed by atoms with E-state index in [0.717, 1.165) is 19.3 Å². The first kappa shape index (κ1) is 17.2. The molecular weight excluding hydrogens is 309 g/mol. The zero-order chi connectivity index (χ0) is 16.3. The second kappa shape index (κ2) is 7.40. The topological polar surface area (TPSA) is 49.8 Å². The zero-order valence-electron chi connectivity index (χ0n) is 12.8. The van der Waals surface area contributed by atoms with E-state index in [-0.39, 0.29) is 23.1 Å². The van der Waals surface area contributed by atoms with Crippen LogP contribution in [0.15, 0.2) is 18.2 Å². The third-order valence-corrected chi connectivity index (χ3v) is 4.59. The van der Waals surface area contributed by atoms with Crippen molar-refractivity contribution >= 4 is 17.5 Å². The number of hydrogen-bond donors (Lipinski definition) is 1. The Morgan fingerprint density at radius 2 is 2.09 bits per heavy atom. The molecule has 3 atom stereocenters. The SMILES string of the molecule is CO[C@@H]1CCCC[C@@H](N(C)C(=O)c2ccc(F)c(Cl)c2)[C@H]1O. The minimum atomic E-state index is -0.739. The molecule has 6 heteroatoms. The van der Waals surface area contributed by atoms with Crippen LogP contribution in [0.4, 0.5) is 4.39 Å². The average Bonchev–Trinajstić information content (AvgIpc) is 2.70. The van der Waals surface area contributed by atoms with Crippen LogP contribution < -0.4 is 0 Å². The summed E-state index contributed by atoms with van der Waals surface area (Å²) in [5.41, 5.74) is 0.305. The lowest BCUT2D eigenvalue weighted by atomic mass is 10.0. The van der Waals surface area contributed by atoms with Gasteiger partial charge in [-0.3, -0.25) is 4.79 Å². The van der Waals surface area contributed by atoms with E-state index in [2.05, 4.69) is 0 Å². The highest BCUT2D eigenvalue weighted by atomic mass is 35.5. The standard InChI is InChI=1S/C16H21ClFNO3/c1-19(13-5-3-4-6-14(22-2)15(13)20)16(21)10-7-8-12(18)11(17)9-10/h7-9,13-15,20H,3-6H2,1-2H3/t13-,14-,15-/m1/s1. The van der Waals surface area contributed by atoms with E-state index in [1.807, 2.05) is 0 Å². The van der Waals surface area contributed by atoms with Gasteiger partial charge >= 0.3 is 0 Å². The third kappa shape index (κ3) is 3.59. The molecule has 122 valence electrons. The van der Waals surface area contributed by atoms with E-state index in [1.165, 1.54) is 23.1 Å². The van der Waals surface area contributed by atoms with Crippen LogP contribution in [0.1, 0.15) is 36.0 Å². The number of likely N-dealkylation sites (N-methyl/N-ethyl adjacent to an activating group) is 1. The molecule has 1 fully saturated rings. The van der Waals surface area contributed by atoms with Crippen LogP contribution in [0.5, 0.6) is 0 Å². The molecule has 1 aromatic carbocycles. The Balaban J connectivity index is 2.19. The Labute approximate surface area is 134 Å². The average molecular weight is 330 g/mol. The molecule has 0 aromatic heterocycles. The van der Waals surface area contributed by atoms with Gasteiger partial charge in [0.15, 0.2) is 0 Å². The highest BCUT2D eigenvalue weighted by Crippen LogP contribution is 2.25. The first-order chi connectivity index (χ1) is 10.5. The number of aliphatic hydroxyl groups is 1. The monoisotopic (exact) mass is 329 g/mol. The van der Waals surface area contributed by atoms with Gasteiger partial charge in [0.05, 0.1) is 17.2 Å². The first-order valence-corrected chi connectivity index (χ1v) is 7.76. The van der Waals surface area contributed by atoms with Crippen molar-refractivity contribution in [1.82, 2.24) is 4.90 Å². The molecule has 0 heterocycles. The lowest BCUT2D eigenvalue weighted by Gasteiger charge is -2.33. The Morgan fingerprint density at radius 1 is 1.41 bits per heavy atom. The van der Waals surface area contributed by atoms with Crippen molar-refractivity contribution in [2.24, 2.45) is 0 Å². The van der Waals surface area contributed by atoms with Crippen molar-refractivity contribution in [1.29, 1.82) is 0 Å². The highest BCUT2D eigenvalue weighted by molar-refractivity contribution is 6.31. The van der Waals surface area contributed by atoms with Crippen LogP contribution in [0.25, 0.3) is 0 Å². The number of ether oxygens (including phenoxy) is 1. The number of amides is 1. The number of nitrogens with zero attached hydrogens (tertiary/aromatic N) is 1. The van der Waals surface area contributed by atoms with Gasteiger partial charge in [-0.2, -0.15) is 0 Å². The maximum Gasteiger partial charge on any atom is 0.253 e. The summed E-state index contributed by atoms with van der Waals surface area (Å²) in [5.74, 6) is -0.850. The van der Waals surface area contributed by atoms with Gasteiger partial charge in [0.25, 0.3) is 5.91 Å². The van der Waals surface area contributed by atoms with Crippen LogP contribution in [0.3, 0.4) is 0 Å². The number of aliphatic hydroxyl groups excluding tert-OH is 1. The lowest BCUT2D eigenvalue weighted by Crippen LogP contribution is -2.48. The van der Waals surface area contributed by atoms with Gasteiger partial charge in [-0.05, 0) is 31.0 Å². The molecule has 1 aliphatic carbocycles. The number of carbonyl (C=O) groups is 1. The molecule has 1 aromatic rings. The van der Waals surface area contributed by atoms with Gasteiger partial charge < -0.3 is 14.7 Å². The molecule has 1 N–H and O–H groups in total. The van der Waals surface area contributed by atoms with E-state index < -0.39 is 11.9 Å². The van der Waals surface area contributed by atoms with Crippen molar-refractivity contribution in [3.05, 3.63) is 34.6 Å².